The van der Waals surface area contributed by atoms with Crippen LogP contribution < -0.4 is 4.90 Å². The number of β-amino-alcohol motifs (C(OH)–C–C–N with tert-alkyl or cyclic N) is 1. The molecule has 1 aromatic heterocycles. The second kappa shape index (κ2) is 6.80. The molecule has 1 atom stereocenters. The van der Waals surface area contributed by atoms with E-state index in [-0.39, 0.29) is 5.91 Å². The number of likely N-dealkylation sites (N-methyl/N-ethyl adjacent to an activating group) is 2. The van der Waals surface area contributed by atoms with E-state index in [1.54, 1.807) is 11.2 Å². The number of aliphatic hydroxyl groups excluding tert-OH is 1. The summed E-state index contributed by atoms with van der Waals surface area (Å²) in [6.45, 7) is 3.45. The van der Waals surface area contributed by atoms with Crippen LogP contribution in [0.2, 0.25) is 0 Å². The molecule has 2 aliphatic rings. The molecule has 0 aromatic carbocycles. The number of aromatic nitrogens is 2. The number of likely N-dealkylation sites (tertiary alicyclic amines) is 1. The van der Waals surface area contributed by atoms with E-state index in [9.17, 15) is 9.90 Å². The van der Waals surface area contributed by atoms with Crippen molar-refractivity contribution in [2.24, 2.45) is 0 Å². The van der Waals surface area contributed by atoms with Gasteiger partial charge in [0.1, 0.15) is 12.1 Å². The molecule has 1 fully saturated rings. The second-order valence-corrected chi connectivity index (χ2v) is 6.59. The molecule has 0 radical (unpaired) electrons. The van der Waals surface area contributed by atoms with Gasteiger partial charge in [-0.05, 0) is 13.5 Å². The van der Waals surface area contributed by atoms with Gasteiger partial charge in [0.15, 0.2) is 0 Å². The number of carbonyl (C=O) groups is 1. The van der Waals surface area contributed by atoms with Crippen LogP contribution in [-0.4, -0.2) is 77.2 Å². The lowest BCUT2D eigenvalue weighted by Gasteiger charge is -2.30. The van der Waals surface area contributed by atoms with Gasteiger partial charge in [0.2, 0.25) is 5.91 Å². The van der Waals surface area contributed by atoms with Gasteiger partial charge < -0.3 is 19.8 Å². The van der Waals surface area contributed by atoms with Crippen LogP contribution in [0.1, 0.15) is 24.1 Å². The Bertz CT molecular complexity index is 580. The number of nitrogens with zero attached hydrogens (tertiary/aromatic N) is 5. The van der Waals surface area contributed by atoms with E-state index in [1.807, 2.05) is 11.9 Å². The number of rotatable bonds is 5. The van der Waals surface area contributed by atoms with Crippen molar-refractivity contribution in [1.29, 1.82) is 0 Å². The molecule has 0 spiro atoms. The number of carbonyl (C=O) groups excluding carboxylic acids is 1. The molecule has 0 bridgehead atoms. The lowest BCUT2D eigenvalue weighted by atomic mass is 10.1. The quantitative estimate of drug-likeness (QED) is 0.816. The summed E-state index contributed by atoms with van der Waals surface area (Å²) in [7, 11) is 4.03. The van der Waals surface area contributed by atoms with Crippen LogP contribution in [0.15, 0.2) is 6.33 Å². The third kappa shape index (κ3) is 3.61. The molecule has 126 valence electrons. The summed E-state index contributed by atoms with van der Waals surface area (Å²) < 4.78 is 0. The van der Waals surface area contributed by atoms with Crippen LogP contribution in [-0.2, 0) is 17.8 Å². The Hall–Kier alpha value is -1.73. The molecule has 3 heterocycles. The summed E-state index contributed by atoms with van der Waals surface area (Å²) in [4.78, 5) is 26.5. The largest absolute Gasteiger partial charge is 0.389 e. The molecule has 0 unspecified atom stereocenters. The topological polar surface area (TPSA) is 72.8 Å². The van der Waals surface area contributed by atoms with Crippen molar-refractivity contribution in [1.82, 2.24) is 19.8 Å². The second-order valence-electron chi connectivity index (χ2n) is 6.59. The predicted molar refractivity (Wildman–Crippen MR) is 87.2 cm³/mol. The van der Waals surface area contributed by atoms with E-state index in [1.165, 1.54) is 0 Å². The van der Waals surface area contributed by atoms with E-state index in [4.69, 9.17) is 0 Å². The van der Waals surface area contributed by atoms with Gasteiger partial charge in [-0.2, -0.15) is 0 Å². The highest BCUT2D eigenvalue weighted by molar-refractivity contribution is 5.78. The third-order valence-electron chi connectivity index (χ3n) is 4.62. The number of hydrogen-bond acceptors (Lipinski definition) is 6. The van der Waals surface area contributed by atoms with E-state index >= 15 is 0 Å². The van der Waals surface area contributed by atoms with Crippen molar-refractivity contribution in [3.8, 4) is 0 Å². The lowest BCUT2D eigenvalue weighted by molar-refractivity contribution is -0.128. The molecule has 23 heavy (non-hydrogen) atoms. The number of fused-ring (bicyclic) bond motifs is 1. The fourth-order valence-electron chi connectivity index (χ4n) is 3.40. The molecule has 7 nitrogen and oxygen atoms in total. The fraction of sp³-hybridized carbons (Fsp3) is 0.688. The SMILES string of the molecule is CN1CCc2ncnc(N(C)C[C@@H](O)CN3CCCC3=O)c2C1. The summed E-state index contributed by atoms with van der Waals surface area (Å²) in [6, 6.07) is 0. The average Bonchev–Trinajstić information content (AvgIpc) is 2.91. The summed E-state index contributed by atoms with van der Waals surface area (Å²) in [5, 5.41) is 10.3. The standard InChI is InChI=1S/C16H25N5O2/c1-19-7-5-14-13(10-19)16(18-11-17-14)20(2)8-12(22)9-21-6-3-4-15(21)23/h11-12,22H,3-10H2,1-2H3/t12-/m1/s1. The molecular formula is C16H25N5O2. The van der Waals surface area contributed by atoms with Crippen molar-refractivity contribution in [3.63, 3.8) is 0 Å². The van der Waals surface area contributed by atoms with Gasteiger partial charge in [0, 0.05) is 58.2 Å². The summed E-state index contributed by atoms with van der Waals surface area (Å²) in [5.41, 5.74) is 2.25. The molecule has 3 rings (SSSR count). The minimum Gasteiger partial charge on any atom is -0.389 e. The highest BCUT2D eigenvalue weighted by Crippen LogP contribution is 2.24. The van der Waals surface area contributed by atoms with Gasteiger partial charge in [-0.3, -0.25) is 4.79 Å². The number of anilines is 1. The minimum absolute atomic E-state index is 0.146. The van der Waals surface area contributed by atoms with Gasteiger partial charge in [-0.1, -0.05) is 0 Å². The number of aliphatic hydroxyl groups is 1. The fourth-order valence-corrected chi connectivity index (χ4v) is 3.40. The highest BCUT2D eigenvalue weighted by Gasteiger charge is 2.25. The zero-order chi connectivity index (χ0) is 16.4. The zero-order valence-corrected chi connectivity index (χ0v) is 13.9. The van der Waals surface area contributed by atoms with E-state index in [2.05, 4.69) is 21.9 Å². The highest BCUT2D eigenvalue weighted by atomic mass is 16.3. The smallest absolute Gasteiger partial charge is 0.222 e. The van der Waals surface area contributed by atoms with E-state index in [0.29, 0.717) is 19.5 Å². The summed E-state index contributed by atoms with van der Waals surface area (Å²) in [6.07, 6.45) is 3.46. The van der Waals surface area contributed by atoms with Crippen molar-refractivity contribution in [2.75, 3.05) is 45.2 Å². The Balaban J connectivity index is 1.66. The Labute approximate surface area is 136 Å². The van der Waals surface area contributed by atoms with Gasteiger partial charge in [-0.15, -0.1) is 0 Å². The maximum absolute atomic E-state index is 11.7. The van der Waals surface area contributed by atoms with Crippen LogP contribution in [0.5, 0.6) is 0 Å². The Morgan fingerprint density at radius 3 is 2.91 bits per heavy atom. The zero-order valence-electron chi connectivity index (χ0n) is 13.9. The van der Waals surface area contributed by atoms with Gasteiger partial charge in [0.05, 0.1) is 11.8 Å². The molecule has 1 amide bonds. The van der Waals surface area contributed by atoms with Crippen LogP contribution in [0.3, 0.4) is 0 Å². The average molecular weight is 319 g/mol. The van der Waals surface area contributed by atoms with E-state index < -0.39 is 6.10 Å². The van der Waals surface area contributed by atoms with Crippen molar-refractivity contribution < 1.29 is 9.90 Å². The first kappa shape index (κ1) is 16.1. The molecule has 1 aromatic rings. The van der Waals surface area contributed by atoms with Gasteiger partial charge in [-0.25, -0.2) is 9.97 Å². The lowest BCUT2D eigenvalue weighted by Crippen LogP contribution is -2.40. The maximum Gasteiger partial charge on any atom is 0.222 e. The maximum atomic E-state index is 11.7. The molecule has 1 saturated heterocycles. The van der Waals surface area contributed by atoms with Crippen LogP contribution in [0.25, 0.3) is 0 Å². The van der Waals surface area contributed by atoms with Crippen LogP contribution in [0, 0.1) is 0 Å². The Kier molecular flexibility index (Phi) is 4.77. The summed E-state index contributed by atoms with van der Waals surface area (Å²) >= 11 is 0. The van der Waals surface area contributed by atoms with Gasteiger partial charge >= 0.3 is 0 Å². The first-order valence-electron chi connectivity index (χ1n) is 8.23. The molecule has 2 aliphatic heterocycles. The first-order valence-corrected chi connectivity index (χ1v) is 8.23. The number of hydrogen-bond donors (Lipinski definition) is 1. The molecule has 1 N–H and O–H groups in total. The minimum atomic E-state index is -0.575. The number of amides is 1. The van der Waals surface area contributed by atoms with Crippen molar-refractivity contribution in [2.45, 2.75) is 31.9 Å². The molecule has 0 aliphatic carbocycles. The first-order chi connectivity index (χ1) is 11.0. The van der Waals surface area contributed by atoms with Crippen LogP contribution >= 0.6 is 0 Å². The predicted octanol–water partition coefficient (Wildman–Crippen LogP) is -0.116. The Morgan fingerprint density at radius 2 is 2.17 bits per heavy atom. The van der Waals surface area contributed by atoms with Crippen LogP contribution in [0.4, 0.5) is 5.82 Å². The van der Waals surface area contributed by atoms with Crippen molar-refractivity contribution >= 4 is 11.7 Å². The molecule has 0 saturated carbocycles. The Morgan fingerprint density at radius 1 is 1.35 bits per heavy atom. The van der Waals surface area contributed by atoms with Gasteiger partial charge in [0.25, 0.3) is 0 Å². The summed E-state index contributed by atoms with van der Waals surface area (Å²) in [5.74, 6) is 1.03. The molecule has 7 heteroatoms. The van der Waals surface area contributed by atoms with Crippen molar-refractivity contribution in [3.05, 3.63) is 17.6 Å². The normalized spacial score (nSPS) is 19.8. The van der Waals surface area contributed by atoms with E-state index in [0.717, 1.165) is 49.6 Å². The monoisotopic (exact) mass is 319 g/mol. The molecular weight excluding hydrogens is 294 g/mol. The third-order valence-corrected chi connectivity index (χ3v) is 4.62.